The van der Waals surface area contributed by atoms with E-state index in [1.165, 1.54) is 0 Å². The number of aryl methyl sites for hydroxylation is 1. The minimum atomic E-state index is -4.22. The Hall–Kier alpha value is -1.23. The van der Waals surface area contributed by atoms with Crippen LogP contribution in [0.5, 0.6) is 5.75 Å². The van der Waals surface area contributed by atoms with Crippen LogP contribution in [0.15, 0.2) is 18.2 Å². The fourth-order valence-corrected chi connectivity index (χ4v) is 1.31. The van der Waals surface area contributed by atoms with Gasteiger partial charge in [0.05, 0.1) is 19.6 Å². The molecular weight excluding hydrogens is 221 g/mol. The third-order valence-electron chi connectivity index (χ3n) is 2.10. The first kappa shape index (κ1) is 12.8. The van der Waals surface area contributed by atoms with Crippen LogP contribution >= 0.6 is 0 Å². The highest BCUT2D eigenvalue weighted by molar-refractivity contribution is 5.40. The summed E-state index contributed by atoms with van der Waals surface area (Å²) in [5.41, 5.74) is 1.22. The summed E-state index contributed by atoms with van der Waals surface area (Å²) >= 11 is 0. The van der Waals surface area contributed by atoms with E-state index in [9.17, 15) is 13.2 Å². The van der Waals surface area contributed by atoms with Gasteiger partial charge in [0.2, 0.25) is 0 Å². The molecule has 0 aliphatic rings. The highest BCUT2D eigenvalue weighted by Gasteiger charge is 2.27. The lowest BCUT2D eigenvalue weighted by Gasteiger charge is -2.13. The number of halogens is 3. The van der Waals surface area contributed by atoms with Crippen LogP contribution in [0.1, 0.15) is 17.5 Å². The van der Waals surface area contributed by atoms with Gasteiger partial charge >= 0.3 is 6.18 Å². The first-order valence-electron chi connectivity index (χ1n) is 4.83. The average molecular weight is 234 g/mol. The molecule has 1 rings (SSSR count). The zero-order valence-electron chi connectivity index (χ0n) is 8.84. The highest BCUT2D eigenvalue weighted by Crippen LogP contribution is 2.25. The van der Waals surface area contributed by atoms with Gasteiger partial charge in [-0.25, -0.2) is 0 Å². The van der Waals surface area contributed by atoms with Crippen LogP contribution in [0.25, 0.3) is 0 Å². The maximum Gasteiger partial charge on any atom is 0.392 e. The van der Waals surface area contributed by atoms with E-state index in [-0.39, 0.29) is 6.61 Å². The highest BCUT2D eigenvalue weighted by atomic mass is 19.4. The summed E-state index contributed by atoms with van der Waals surface area (Å²) in [6.07, 6.45) is -5.21. The first-order valence-corrected chi connectivity index (χ1v) is 4.83. The van der Waals surface area contributed by atoms with Gasteiger partial charge in [0.25, 0.3) is 0 Å². The molecule has 1 N–H and O–H groups in total. The lowest BCUT2D eigenvalue weighted by Crippen LogP contribution is -2.14. The van der Waals surface area contributed by atoms with Crippen LogP contribution in [0.3, 0.4) is 0 Å². The van der Waals surface area contributed by atoms with Crippen LogP contribution < -0.4 is 4.74 Å². The van der Waals surface area contributed by atoms with Crippen LogP contribution in [0.2, 0.25) is 0 Å². The Morgan fingerprint density at radius 1 is 1.31 bits per heavy atom. The van der Waals surface area contributed by atoms with Crippen molar-refractivity contribution >= 4 is 0 Å². The van der Waals surface area contributed by atoms with E-state index in [2.05, 4.69) is 0 Å². The predicted octanol–water partition coefficient (Wildman–Crippen LogP) is 2.82. The van der Waals surface area contributed by atoms with E-state index in [0.717, 1.165) is 0 Å². The SMILES string of the molecule is Cc1cccc(CO)c1OCCC(F)(F)F. The van der Waals surface area contributed by atoms with Crippen LogP contribution in [-0.4, -0.2) is 17.9 Å². The minimum Gasteiger partial charge on any atom is -0.493 e. The molecule has 0 radical (unpaired) electrons. The van der Waals surface area contributed by atoms with Gasteiger partial charge in [-0.15, -0.1) is 0 Å². The molecule has 5 heteroatoms. The van der Waals surface area contributed by atoms with Gasteiger partial charge in [0.1, 0.15) is 5.75 Å². The quantitative estimate of drug-likeness (QED) is 0.868. The molecule has 90 valence electrons. The van der Waals surface area contributed by atoms with Crippen molar-refractivity contribution < 1.29 is 23.0 Å². The van der Waals surface area contributed by atoms with Crippen molar-refractivity contribution in [3.8, 4) is 5.75 Å². The standard InChI is InChI=1S/C11H13F3O2/c1-8-3-2-4-9(7-15)10(8)16-6-5-11(12,13)14/h2-4,15H,5-7H2,1H3. The molecule has 0 aliphatic heterocycles. The second-order valence-corrected chi connectivity index (χ2v) is 3.43. The number of aliphatic hydroxyl groups is 1. The molecule has 0 unspecified atom stereocenters. The van der Waals surface area contributed by atoms with Crippen molar-refractivity contribution in [2.75, 3.05) is 6.61 Å². The van der Waals surface area contributed by atoms with E-state index >= 15 is 0 Å². The molecule has 0 heterocycles. The maximum absolute atomic E-state index is 11.9. The van der Waals surface area contributed by atoms with Gasteiger partial charge in [0, 0.05) is 5.56 Å². The number of hydrogen-bond donors (Lipinski definition) is 1. The summed E-state index contributed by atoms with van der Waals surface area (Å²) in [6, 6.07) is 5.06. The Morgan fingerprint density at radius 3 is 2.56 bits per heavy atom. The summed E-state index contributed by atoms with van der Waals surface area (Å²) in [4.78, 5) is 0. The Kier molecular flexibility index (Phi) is 4.18. The Balaban J connectivity index is 2.66. The largest absolute Gasteiger partial charge is 0.493 e. The van der Waals surface area contributed by atoms with Gasteiger partial charge in [-0.2, -0.15) is 13.2 Å². The Labute approximate surface area is 91.7 Å². The third kappa shape index (κ3) is 3.73. The number of aliphatic hydroxyl groups excluding tert-OH is 1. The van der Waals surface area contributed by atoms with Crippen molar-refractivity contribution in [1.29, 1.82) is 0 Å². The molecule has 1 aromatic rings. The lowest BCUT2D eigenvalue weighted by atomic mass is 10.1. The van der Waals surface area contributed by atoms with Crippen molar-refractivity contribution in [3.63, 3.8) is 0 Å². The molecule has 0 saturated carbocycles. The number of ether oxygens (including phenoxy) is 1. The smallest absolute Gasteiger partial charge is 0.392 e. The Morgan fingerprint density at radius 2 is 2.00 bits per heavy atom. The topological polar surface area (TPSA) is 29.5 Å². The number of rotatable bonds is 4. The van der Waals surface area contributed by atoms with Gasteiger partial charge < -0.3 is 9.84 Å². The second kappa shape index (κ2) is 5.21. The fourth-order valence-electron chi connectivity index (χ4n) is 1.31. The molecule has 16 heavy (non-hydrogen) atoms. The molecule has 0 amide bonds. The van der Waals surface area contributed by atoms with Crippen LogP contribution in [0.4, 0.5) is 13.2 Å². The summed E-state index contributed by atoms with van der Waals surface area (Å²) in [5.74, 6) is 0.342. The van der Waals surface area contributed by atoms with E-state index < -0.39 is 19.2 Å². The summed E-state index contributed by atoms with van der Waals surface area (Å²) in [7, 11) is 0. The fraction of sp³-hybridized carbons (Fsp3) is 0.455. The Bertz CT molecular complexity index is 348. The molecule has 0 aliphatic carbocycles. The zero-order chi connectivity index (χ0) is 12.2. The molecule has 2 nitrogen and oxygen atoms in total. The van der Waals surface area contributed by atoms with Crippen LogP contribution in [-0.2, 0) is 6.61 Å². The van der Waals surface area contributed by atoms with Gasteiger partial charge in [-0.05, 0) is 12.5 Å². The van der Waals surface area contributed by atoms with E-state index in [0.29, 0.717) is 16.9 Å². The minimum absolute atomic E-state index is 0.247. The van der Waals surface area contributed by atoms with E-state index in [1.807, 2.05) is 0 Å². The van der Waals surface area contributed by atoms with E-state index in [4.69, 9.17) is 9.84 Å². The second-order valence-electron chi connectivity index (χ2n) is 3.43. The van der Waals surface area contributed by atoms with Gasteiger partial charge in [-0.3, -0.25) is 0 Å². The van der Waals surface area contributed by atoms with Crippen LogP contribution in [0, 0.1) is 6.92 Å². The van der Waals surface area contributed by atoms with Crippen molar-refractivity contribution in [3.05, 3.63) is 29.3 Å². The molecule has 0 atom stereocenters. The van der Waals surface area contributed by atoms with Gasteiger partial charge in [-0.1, -0.05) is 18.2 Å². The molecule has 0 aromatic heterocycles. The molecule has 0 fully saturated rings. The molecule has 0 spiro atoms. The van der Waals surface area contributed by atoms with E-state index in [1.54, 1.807) is 25.1 Å². The monoisotopic (exact) mass is 234 g/mol. The predicted molar refractivity (Wildman–Crippen MR) is 53.3 cm³/mol. The maximum atomic E-state index is 11.9. The van der Waals surface area contributed by atoms with Crippen molar-refractivity contribution in [1.82, 2.24) is 0 Å². The molecule has 0 bridgehead atoms. The first-order chi connectivity index (χ1) is 7.44. The van der Waals surface area contributed by atoms with Crippen molar-refractivity contribution in [2.24, 2.45) is 0 Å². The normalized spacial score (nSPS) is 11.6. The molecule has 0 saturated heterocycles. The number of alkyl halides is 3. The third-order valence-corrected chi connectivity index (χ3v) is 2.10. The number of para-hydroxylation sites is 1. The molecular formula is C11H13F3O2. The number of benzene rings is 1. The van der Waals surface area contributed by atoms with Gasteiger partial charge in [0.15, 0.2) is 0 Å². The summed E-state index contributed by atoms with van der Waals surface area (Å²) < 4.78 is 40.8. The average Bonchev–Trinajstić information content (AvgIpc) is 2.18. The zero-order valence-corrected chi connectivity index (χ0v) is 8.84. The molecule has 1 aromatic carbocycles. The summed E-state index contributed by atoms with van der Waals surface area (Å²) in [5, 5.41) is 9.00. The lowest BCUT2D eigenvalue weighted by molar-refractivity contribution is -0.139. The number of hydrogen-bond acceptors (Lipinski definition) is 2. The summed E-state index contributed by atoms with van der Waals surface area (Å²) in [6.45, 7) is 1.05. The van der Waals surface area contributed by atoms with Crippen molar-refractivity contribution in [2.45, 2.75) is 26.1 Å².